The van der Waals surface area contributed by atoms with Crippen LogP contribution in [0.2, 0.25) is 0 Å². The van der Waals surface area contributed by atoms with Crippen molar-refractivity contribution in [2.75, 3.05) is 0 Å². The van der Waals surface area contributed by atoms with E-state index in [0.29, 0.717) is 17.1 Å². The summed E-state index contributed by atoms with van der Waals surface area (Å²) in [4.78, 5) is 4.40. The number of rotatable bonds is 3. The zero-order valence-electron chi connectivity index (χ0n) is 12.1. The Hall–Kier alpha value is -0.930. The SMILES string of the molecule is CC1(C)CC([NH2+]Cc2ccccn2)CC(C)(C)[NH2+]1. The van der Waals surface area contributed by atoms with Gasteiger partial charge in [0.25, 0.3) is 0 Å². The molecule has 0 aromatic carbocycles. The zero-order valence-corrected chi connectivity index (χ0v) is 12.1. The number of hydrogen-bond acceptors (Lipinski definition) is 1. The Bertz CT molecular complexity index is 368. The van der Waals surface area contributed by atoms with Gasteiger partial charge in [-0.25, -0.2) is 0 Å². The maximum Gasteiger partial charge on any atom is 0.119 e. The molecule has 2 rings (SSSR count). The molecular weight excluding hydrogens is 222 g/mol. The van der Waals surface area contributed by atoms with E-state index in [9.17, 15) is 0 Å². The molecule has 3 nitrogen and oxygen atoms in total. The van der Waals surface area contributed by atoms with Crippen LogP contribution < -0.4 is 10.6 Å². The number of nitrogens with zero attached hydrogens (tertiary/aromatic N) is 1. The lowest BCUT2D eigenvalue weighted by Gasteiger charge is -2.41. The molecule has 0 atom stereocenters. The van der Waals surface area contributed by atoms with Gasteiger partial charge >= 0.3 is 0 Å². The van der Waals surface area contributed by atoms with Crippen LogP contribution in [-0.2, 0) is 6.54 Å². The van der Waals surface area contributed by atoms with Crippen LogP contribution in [0.4, 0.5) is 0 Å². The number of pyridine rings is 1. The minimum absolute atomic E-state index is 0.354. The largest absolute Gasteiger partial charge is 0.338 e. The molecule has 1 aliphatic heterocycles. The number of aromatic nitrogens is 1. The van der Waals surface area contributed by atoms with Gasteiger partial charge in [0.05, 0.1) is 35.7 Å². The third-order valence-electron chi connectivity index (χ3n) is 3.74. The molecule has 1 aromatic rings. The van der Waals surface area contributed by atoms with Gasteiger partial charge in [-0.3, -0.25) is 4.98 Å². The van der Waals surface area contributed by atoms with Gasteiger partial charge in [0, 0.05) is 6.20 Å². The lowest BCUT2D eigenvalue weighted by molar-refractivity contribution is -0.816. The Morgan fingerprint density at radius 3 is 2.44 bits per heavy atom. The molecule has 0 spiro atoms. The molecule has 0 radical (unpaired) electrons. The number of nitrogens with two attached hydrogens (primary N) is 2. The van der Waals surface area contributed by atoms with Gasteiger partial charge in [-0.15, -0.1) is 0 Å². The Morgan fingerprint density at radius 1 is 1.22 bits per heavy atom. The molecule has 0 amide bonds. The van der Waals surface area contributed by atoms with Crippen LogP contribution in [0.15, 0.2) is 24.4 Å². The number of piperidine rings is 1. The van der Waals surface area contributed by atoms with Gasteiger partial charge in [-0.2, -0.15) is 0 Å². The van der Waals surface area contributed by atoms with E-state index < -0.39 is 0 Å². The predicted molar refractivity (Wildman–Crippen MR) is 73.0 cm³/mol. The average Bonchev–Trinajstić information content (AvgIpc) is 2.24. The maximum atomic E-state index is 4.40. The van der Waals surface area contributed by atoms with Crippen LogP contribution in [0, 0.1) is 0 Å². The summed E-state index contributed by atoms with van der Waals surface area (Å²) in [6.45, 7) is 10.4. The first kappa shape index (κ1) is 13.5. The first-order valence-corrected chi connectivity index (χ1v) is 6.97. The van der Waals surface area contributed by atoms with Gasteiger partial charge in [-0.1, -0.05) is 6.07 Å². The lowest BCUT2D eigenvalue weighted by Crippen LogP contribution is -3.09. The van der Waals surface area contributed by atoms with E-state index in [1.807, 2.05) is 12.3 Å². The molecule has 1 aliphatic rings. The molecule has 3 heteroatoms. The van der Waals surface area contributed by atoms with E-state index in [1.54, 1.807) is 0 Å². The Morgan fingerprint density at radius 2 is 1.89 bits per heavy atom. The normalized spacial score (nSPS) is 22.9. The van der Waals surface area contributed by atoms with Gasteiger partial charge < -0.3 is 10.6 Å². The van der Waals surface area contributed by atoms with E-state index in [1.165, 1.54) is 18.5 Å². The first-order chi connectivity index (χ1) is 8.36. The van der Waals surface area contributed by atoms with Crippen molar-refractivity contribution in [1.82, 2.24) is 4.98 Å². The summed E-state index contributed by atoms with van der Waals surface area (Å²) in [6.07, 6.45) is 4.41. The minimum Gasteiger partial charge on any atom is -0.338 e. The molecule has 4 N–H and O–H groups in total. The average molecular weight is 249 g/mol. The second-order valence-corrected chi connectivity index (χ2v) is 7.05. The summed E-state index contributed by atoms with van der Waals surface area (Å²) in [6, 6.07) is 6.87. The highest BCUT2D eigenvalue weighted by molar-refractivity contribution is 5.01. The molecule has 18 heavy (non-hydrogen) atoms. The third-order valence-corrected chi connectivity index (χ3v) is 3.74. The lowest BCUT2D eigenvalue weighted by atomic mass is 9.79. The van der Waals surface area contributed by atoms with Crippen molar-refractivity contribution in [3.8, 4) is 0 Å². The maximum absolute atomic E-state index is 4.40. The highest BCUT2D eigenvalue weighted by Crippen LogP contribution is 2.19. The molecule has 2 heterocycles. The molecule has 0 saturated carbocycles. The molecule has 1 aromatic heterocycles. The van der Waals surface area contributed by atoms with Crippen molar-refractivity contribution in [2.45, 2.75) is 64.2 Å². The predicted octanol–water partition coefficient (Wildman–Crippen LogP) is 0.428. The summed E-state index contributed by atoms with van der Waals surface area (Å²) in [5.74, 6) is 0. The Kier molecular flexibility index (Phi) is 3.74. The van der Waals surface area contributed by atoms with E-state index >= 15 is 0 Å². The van der Waals surface area contributed by atoms with Crippen LogP contribution in [0.5, 0.6) is 0 Å². The second kappa shape index (κ2) is 4.98. The second-order valence-electron chi connectivity index (χ2n) is 7.05. The van der Waals surface area contributed by atoms with Gasteiger partial charge in [0.15, 0.2) is 0 Å². The fourth-order valence-electron chi connectivity index (χ4n) is 3.57. The molecule has 1 fully saturated rings. The minimum atomic E-state index is 0.354. The van der Waals surface area contributed by atoms with Crippen molar-refractivity contribution in [3.63, 3.8) is 0 Å². The smallest absolute Gasteiger partial charge is 0.119 e. The molecule has 0 aliphatic carbocycles. The fourth-order valence-corrected chi connectivity index (χ4v) is 3.57. The molecule has 0 unspecified atom stereocenters. The fraction of sp³-hybridized carbons (Fsp3) is 0.667. The number of quaternary nitrogens is 2. The van der Waals surface area contributed by atoms with Crippen LogP contribution in [0.1, 0.15) is 46.2 Å². The Labute approximate surface area is 110 Å². The van der Waals surface area contributed by atoms with Crippen LogP contribution >= 0.6 is 0 Å². The third kappa shape index (κ3) is 3.79. The highest BCUT2D eigenvalue weighted by atomic mass is 15.1. The molecular formula is C15H27N3+2. The van der Waals surface area contributed by atoms with Gasteiger partial charge in [0.1, 0.15) is 6.54 Å². The highest BCUT2D eigenvalue weighted by Gasteiger charge is 2.43. The van der Waals surface area contributed by atoms with Gasteiger partial charge in [-0.05, 0) is 39.8 Å². The summed E-state index contributed by atoms with van der Waals surface area (Å²) < 4.78 is 0. The van der Waals surface area contributed by atoms with Crippen molar-refractivity contribution in [2.24, 2.45) is 0 Å². The summed E-state index contributed by atoms with van der Waals surface area (Å²) in [5.41, 5.74) is 1.89. The number of hydrogen-bond donors (Lipinski definition) is 2. The monoisotopic (exact) mass is 249 g/mol. The van der Waals surface area contributed by atoms with E-state index in [0.717, 1.165) is 6.54 Å². The Balaban J connectivity index is 1.93. The molecule has 0 bridgehead atoms. The van der Waals surface area contributed by atoms with Crippen molar-refractivity contribution in [3.05, 3.63) is 30.1 Å². The molecule has 1 saturated heterocycles. The van der Waals surface area contributed by atoms with Crippen LogP contribution in [0.25, 0.3) is 0 Å². The van der Waals surface area contributed by atoms with Crippen molar-refractivity contribution >= 4 is 0 Å². The topological polar surface area (TPSA) is 46.1 Å². The van der Waals surface area contributed by atoms with E-state index in [2.05, 4.69) is 55.4 Å². The zero-order chi connectivity index (χ0) is 13.2. The summed E-state index contributed by atoms with van der Waals surface area (Å²) in [5, 5.41) is 5.00. The first-order valence-electron chi connectivity index (χ1n) is 6.97. The standard InChI is InChI=1S/C15H25N3/c1-14(2)9-13(10-15(3,4)18-14)17-11-12-7-5-6-8-16-12/h5-8,13,17-18H,9-11H2,1-4H3/p+2. The van der Waals surface area contributed by atoms with E-state index in [-0.39, 0.29) is 0 Å². The van der Waals surface area contributed by atoms with Crippen molar-refractivity contribution in [1.29, 1.82) is 0 Å². The van der Waals surface area contributed by atoms with Crippen molar-refractivity contribution < 1.29 is 10.6 Å². The summed E-state index contributed by atoms with van der Waals surface area (Å²) in [7, 11) is 0. The van der Waals surface area contributed by atoms with Crippen LogP contribution in [-0.4, -0.2) is 22.1 Å². The summed E-state index contributed by atoms with van der Waals surface area (Å²) >= 11 is 0. The van der Waals surface area contributed by atoms with Gasteiger partial charge in [0.2, 0.25) is 0 Å². The van der Waals surface area contributed by atoms with Crippen LogP contribution in [0.3, 0.4) is 0 Å². The quantitative estimate of drug-likeness (QED) is 0.802. The van der Waals surface area contributed by atoms with E-state index in [4.69, 9.17) is 0 Å². The molecule has 100 valence electrons.